The van der Waals surface area contributed by atoms with Gasteiger partial charge in [0.15, 0.2) is 0 Å². The van der Waals surface area contributed by atoms with Crippen molar-refractivity contribution in [3.8, 4) is 0 Å². The quantitative estimate of drug-likeness (QED) is 0.693. The predicted molar refractivity (Wildman–Crippen MR) is 94.2 cm³/mol. The molecule has 0 unspecified atom stereocenters. The smallest absolute Gasteiger partial charge is 0.243 e. The van der Waals surface area contributed by atoms with E-state index < -0.39 is 10.0 Å². The normalized spacial score (nSPS) is 12.0. The Bertz CT molecular complexity index is 679. The van der Waals surface area contributed by atoms with Crippen molar-refractivity contribution in [2.24, 2.45) is 0 Å². The van der Waals surface area contributed by atoms with E-state index in [9.17, 15) is 8.42 Å². The van der Waals surface area contributed by atoms with E-state index in [0.29, 0.717) is 24.6 Å². The zero-order valence-electron chi connectivity index (χ0n) is 13.6. The zero-order valence-corrected chi connectivity index (χ0v) is 15.2. The van der Waals surface area contributed by atoms with Crippen molar-refractivity contribution in [2.45, 2.75) is 31.2 Å². The van der Waals surface area contributed by atoms with Crippen LogP contribution in [0.5, 0.6) is 0 Å². The zero-order chi connectivity index (χ0) is 16.7. The Kier molecular flexibility index (Phi) is 6.77. The van der Waals surface area contributed by atoms with Gasteiger partial charge in [0.05, 0.1) is 11.5 Å². The first kappa shape index (κ1) is 18.1. The molecule has 0 aliphatic heterocycles. The summed E-state index contributed by atoms with van der Waals surface area (Å²) in [5.41, 5.74) is 2.16. The van der Waals surface area contributed by atoms with Crippen molar-refractivity contribution in [3.63, 3.8) is 0 Å². The number of rotatable bonds is 9. The van der Waals surface area contributed by atoms with Crippen LogP contribution in [0.3, 0.4) is 0 Å². The molecule has 4 nitrogen and oxygen atoms in total. The van der Waals surface area contributed by atoms with E-state index in [1.807, 2.05) is 29.0 Å². The number of nitrogens with zero attached hydrogens (tertiary/aromatic N) is 1. The van der Waals surface area contributed by atoms with Gasteiger partial charge in [0, 0.05) is 20.2 Å². The summed E-state index contributed by atoms with van der Waals surface area (Å²) in [4.78, 5) is 0.337. The lowest BCUT2D eigenvalue weighted by molar-refractivity contribution is 0.177. The molecule has 0 N–H and O–H groups in total. The second-order valence-corrected chi connectivity index (χ2v) is 8.07. The van der Waals surface area contributed by atoms with Gasteiger partial charge in [-0.05, 0) is 46.5 Å². The molecule has 0 fully saturated rings. The second-order valence-electron chi connectivity index (χ2n) is 5.36. The number of hydrogen-bond donors (Lipinski definition) is 0. The first-order valence-corrected chi connectivity index (χ1v) is 10.0. The maximum atomic E-state index is 12.9. The molecule has 0 saturated heterocycles. The molecule has 1 aromatic heterocycles. The van der Waals surface area contributed by atoms with Crippen LogP contribution in [0.15, 0.2) is 46.0 Å². The topological polar surface area (TPSA) is 46.6 Å². The first-order valence-electron chi connectivity index (χ1n) is 7.67. The van der Waals surface area contributed by atoms with Gasteiger partial charge in [0.2, 0.25) is 10.0 Å². The Morgan fingerprint density at radius 1 is 1.13 bits per heavy atom. The number of ether oxygens (including phenoxy) is 1. The third kappa shape index (κ3) is 4.88. The van der Waals surface area contributed by atoms with Crippen LogP contribution in [0.25, 0.3) is 0 Å². The number of sulfonamides is 1. The van der Waals surface area contributed by atoms with E-state index in [1.165, 1.54) is 4.31 Å². The molecule has 0 aliphatic carbocycles. The van der Waals surface area contributed by atoms with Crippen LogP contribution in [0.4, 0.5) is 0 Å². The molecule has 0 radical (unpaired) electrons. The van der Waals surface area contributed by atoms with Gasteiger partial charge in [-0.25, -0.2) is 8.42 Å². The lowest BCUT2D eigenvalue weighted by atomic mass is 10.1. The van der Waals surface area contributed by atoms with Gasteiger partial charge in [0.25, 0.3) is 0 Å². The molecule has 2 aromatic rings. The fourth-order valence-corrected chi connectivity index (χ4v) is 4.40. The second kappa shape index (κ2) is 8.59. The molecule has 0 saturated carbocycles. The fourth-order valence-electron chi connectivity index (χ4n) is 2.33. The van der Waals surface area contributed by atoms with Gasteiger partial charge in [0.1, 0.15) is 0 Å². The van der Waals surface area contributed by atoms with E-state index in [0.717, 1.165) is 24.0 Å². The van der Waals surface area contributed by atoms with E-state index in [-0.39, 0.29) is 0 Å². The van der Waals surface area contributed by atoms with Crippen LogP contribution in [0.1, 0.15) is 24.5 Å². The summed E-state index contributed by atoms with van der Waals surface area (Å²) < 4.78 is 32.4. The van der Waals surface area contributed by atoms with Crippen LogP contribution < -0.4 is 0 Å². The summed E-state index contributed by atoms with van der Waals surface area (Å²) in [6, 6.07) is 9.15. The molecule has 23 heavy (non-hydrogen) atoms. The molecule has 0 bridgehead atoms. The van der Waals surface area contributed by atoms with Crippen molar-refractivity contribution in [2.75, 3.05) is 20.3 Å². The Morgan fingerprint density at radius 2 is 1.87 bits per heavy atom. The SMILES string of the molecule is CCCc1ccc(S(=O)(=O)N(CCOC)Cc2ccsc2)cc1. The molecule has 1 aromatic carbocycles. The number of thiophene rings is 1. The molecular formula is C17H23NO3S2. The molecule has 0 aliphatic rings. The predicted octanol–water partition coefficient (Wildman–Crippen LogP) is 3.54. The number of aryl methyl sites for hydroxylation is 1. The average molecular weight is 354 g/mol. The van der Waals surface area contributed by atoms with Crippen LogP contribution in [-0.4, -0.2) is 33.0 Å². The summed E-state index contributed by atoms with van der Waals surface area (Å²) in [5, 5.41) is 3.93. The summed E-state index contributed by atoms with van der Waals surface area (Å²) in [6.45, 7) is 3.19. The van der Waals surface area contributed by atoms with E-state index in [2.05, 4.69) is 6.92 Å². The van der Waals surface area contributed by atoms with Gasteiger partial charge < -0.3 is 4.74 Å². The molecule has 2 rings (SSSR count). The molecule has 0 spiro atoms. The summed E-state index contributed by atoms with van der Waals surface area (Å²) >= 11 is 1.57. The summed E-state index contributed by atoms with van der Waals surface area (Å²) in [6.07, 6.45) is 2.01. The van der Waals surface area contributed by atoms with Crippen LogP contribution >= 0.6 is 11.3 Å². The monoisotopic (exact) mass is 353 g/mol. The molecule has 6 heteroatoms. The van der Waals surface area contributed by atoms with Gasteiger partial charge in [-0.2, -0.15) is 15.6 Å². The van der Waals surface area contributed by atoms with Gasteiger partial charge in [-0.3, -0.25) is 0 Å². The fraction of sp³-hybridized carbons (Fsp3) is 0.412. The highest BCUT2D eigenvalue weighted by Gasteiger charge is 2.24. The summed E-state index contributed by atoms with van der Waals surface area (Å²) in [5.74, 6) is 0. The molecular weight excluding hydrogens is 330 g/mol. The first-order chi connectivity index (χ1) is 11.1. The van der Waals surface area contributed by atoms with Gasteiger partial charge >= 0.3 is 0 Å². The highest BCUT2D eigenvalue weighted by Crippen LogP contribution is 2.20. The highest BCUT2D eigenvalue weighted by molar-refractivity contribution is 7.89. The third-order valence-corrected chi connectivity index (χ3v) is 6.18. The van der Waals surface area contributed by atoms with E-state index in [4.69, 9.17) is 4.74 Å². The number of hydrogen-bond acceptors (Lipinski definition) is 4. The Hall–Kier alpha value is -1.21. The number of benzene rings is 1. The number of methoxy groups -OCH3 is 1. The molecule has 0 amide bonds. The van der Waals surface area contributed by atoms with Crippen molar-refractivity contribution >= 4 is 21.4 Å². The van der Waals surface area contributed by atoms with Crippen LogP contribution in [0, 0.1) is 0 Å². The largest absolute Gasteiger partial charge is 0.383 e. The Morgan fingerprint density at radius 3 is 2.43 bits per heavy atom. The lowest BCUT2D eigenvalue weighted by Gasteiger charge is -2.21. The maximum absolute atomic E-state index is 12.9. The van der Waals surface area contributed by atoms with Crippen molar-refractivity contribution in [1.29, 1.82) is 0 Å². The lowest BCUT2D eigenvalue weighted by Crippen LogP contribution is -2.33. The Labute approximate surface area is 142 Å². The highest BCUT2D eigenvalue weighted by atomic mass is 32.2. The van der Waals surface area contributed by atoms with Crippen LogP contribution in [0.2, 0.25) is 0 Å². The van der Waals surface area contributed by atoms with E-state index in [1.54, 1.807) is 30.6 Å². The minimum absolute atomic E-state index is 0.337. The minimum atomic E-state index is -3.52. The van der Waals surface area contributed by atoms with Gasteiger partial charge in [-0.1, -0.05) is 25.5 Å². The van der Waals surface area contributed by atoms with Crippen molar-refractivity contribution < 1.29 is 13.2 Å². The Balaban J connectivity index is 2.23. The molecule has 0 atom stereocenters. The van der Waals surface area contributed by atoms with Crippen molar-refractivity contribution in [1.82, 2.24) is 4.31 Å². The molecule has 1 heterocycles. The van der Waals surface area contributed by atoms with Crippen molar-refractivity contribution in [3.05, 3.63) is 52.2 Å². The summed E-state index contributed by atoms with van der Waals surface area (Å²) in [7, 11) is -1.94. The molecule has 126 valence electrons. The van der Waals surface area contributed by atoms with Gasteiger partial charge in [-0.15, -0.1) is 0 Å². The van der Waals surface area contributed by atoms with Crippen LogP contribution in [-0.2, 0) is 27.7 Å². The average Bonchev–Trinajstić information content (AvgIpc) is 3.05. The van der Waals surface area contributed by atoms with E-state index >= 15 is 0 Å². The third-order valence-electron chi connectivity index (χ3n) is 3.58. The maximum Gasteiger partial charge on any atom is 0.243 e. The minimum Gasteiger partial charge on any atom is -0.383 e. The standard InChI is InChI=1S/C17H23NO3S2/c1-3-4-15-5-7-17(8-6-15)23(19,20)18(10-11-21-2)13-16-9-12-22-14-16/h5-9,12,14H,3-4,10-11,13H2,1-2H3.